The van der Waals surface area contributed by atoms with E-state index in [2.05, 4.69) is 33.3 Å². The molecule has 0 spiro atoms. The third kappa shape index (κ3) is 9.91. The van der Waals surface area contributed by atoms with Gasteiger partial charge in [-0.3, -0.25) is 0 Å². The highest BCUT2D eigenvalue weighted by molar-refractivity contribution is 8.29. The highest BCUT2D eigenvalue weighted by Crippen LogP contribution is 2.54. The molecule has 0 atom stereocenters. The predicted octanol–water partition coefficient (Wildman–Crippen LogP) is 7.28. The van der Waals surface area contributed by atoms with Gasteiger partial charge in [0.15, 0.2) is 0 Å². The van der Waals surface area contributed by atoms with Crippen molar-refractivity contribution < 1.29 is 5.61 Å². The summed E-state index contributed by atoms with van der Waals surface area (Å²) in [4.78, 5) is 0. The van der Waals surface area contributed by atoms with Gasteiger partial charge in [0.1, 0.15) is 0 Å². The number of hydrogen-bond acceptors (Lipinski definition) is 3. The van der Waals surface area contributed by atoms with E-state index in [-0.39, 0.29) is 6.17 Å². The maximum atomic E-state index is 7.71. The van der Waals surface area contributed by atoms with Crippen molar-refractivity contribution >= 4 is 21.7 Å². The number of nitrogens with two attached hydrogens (primary N) is 1. The monoisotopic (exact) mass is 374 g/mol. The Labute approximate surface area is 161 Å². The van der Waals surface area contributed by atoms with E-state index in [0.29, 0.717) is 18.0 Å². The van der Waals surface area contributed by atoms with E-state index in [9.17, 15) is 0 Å². The van der Waals surface area contributed by atoms with Crippen molar-refractivity contribution in [2.24, 2.45) is 0 Å². The fourth-order valence-electron chi connectivity index (χ4n) is 1.45. The molecular weight excluding hydrogens is 328 g/mol. The summed E-state index contributed by atoms with van der Waals surface area (Å²) >= 11 is 0. The van der Waals surface area contributed by atoms with Crippen LogP contribution in [-0.4, -0.2) is 23.0 Å². The van der Waals surface area contributed by atoms with Crippen molar-refractivity contribution in [3.8, 4) is 0 Å². The molecule has 3 nitrogen and oxygen atoms in total. The maximum absolute atomic E-state index is 7.71. The molecule has 0 fully saturated rings. The molecule has 0 radical (unpaired) electrons. The second kappa shape index (κ2) is 14.2. The Hall–Kier alpha value is -1.00. The van der Waals surface area contributed by atoms with E-state index >= 15 is 0 Å². The molecule has 0 heterocycles. The van der Waals surface area contributed by atoms with Crippen LogP contribution in [0, 0.1) is 5.41 Å². The molecule has 1 aromatic carbocycles. The first-order valence-corrected chi connectivity index (χ1v) is 11.7. The van der Waals surface area contributed by atoms with Gasteiger partial charge in [-0.1, -0.05) is 80.5 Å². The van der Waals surface area contributed by atoms with Crippen LogP contribution >= 0.6 is 10.3 Å². The summed E-state index contributed by atoms with van der Waals surface area (Å²) in [6, 6.07) is 5.78. The average molecular weight is 375 g/mol. The van der Waals surface area contributed by atoms with Crippen LogP contribution < -0.4 is 5.73 Å². The number of hydrogen-bond donors (Lipinski definition) is 2. The van der Waals surface area contributed by atoms with E-state index in [1.807, 2.05) is 59.7 Å². The van der Waals surface area contributed by atoms with E-state index in [4.69, 9.17) is 15.3 Å². The van der Waals surface area contributed by atoms with Crippen molar-refractivity contribution in [1.29, 1.82) is 5.41 Å². The van der Waals surface area contributed by atoms with Gasteiger partial charge in [0.05, 0.1) is 6.61 Å². The Morgan fingerprint density at radius 1 is 1.08 bits per heavy atom. The van der Waals surface area contributed by atoms with Gasteiger partial charge in [0.25, 0.3) is 0 Å². The van der Waals surface area contributed by atoms with Crippen LogP contribution in [0.3, 0.4) is 0 Å². The molecule has 0 bridgehead atoms. The number of anilines is 1. The standard InChI is InChI=1S/C15H26N2OS.3C2H6.H2/c1-11(16)13-9-7-8-12(14(13)17)10-18-19(5,6)15(2,3)4;3*1-2;/h7-9,16H,10,17H2,1-6H3;3*1-2H3;1H. The quantitative estimate of drug-likeness (QED) is 0.430. The summed E-state index contributed by atoms with van der Waals surface area (Å²) in [5, 5.41) is 7.71. The molecule has 0 saturated carbocycles. The van der Waals surface area contributed by atoms with Gasteiger partial charge in [-0.2, -0.15) is 0 Å². The van der Waals surface area contributed by atoms with Gasteiger partial charge in [-0.05, 0) is 19.4 Å². The fraction of sp³-hybridized carbons (Fsp3) is 0.667. The third-order valence-corrected chi connectivity index (χ3v) is 7.24. The summed E-state index contributed by atoms with van der Waals surface area (Å²) < 4.78 is 6.26. The number of para-hydroxylation sites is 1. The molecule has 0 saturated heterocycles. The van der Waals surface area contributed by atoms with Gasteiger partial charge in [-0.15, -0.1) is 10.3 Å². The first-order valence-electron chi connectivity index (χ1n) is 9.36. The van der Waals surface area contributed by atoms with Gasteiger partial charge >= 0.3 is 0 Å². The summed E-state index contributed by atoms with van der Waals surface area (Å²) in [6.07, 6.45) is 4.35. The summed E-state index contributed by atoms with van der Waals surface area (Å²) in [7, 11) is -1.16. The van der Waals surface area contributed by atoms with Crippen LogP contribution in [0.15, 0.2) is 18.2 Å². The van der Waals surface area contributed by atoms with Crippen molar-refractivity contribution in [2.75, 3.05) is 18.2 Å². The molecule has 0 aliphatic heterocycles. The Morgan fingerprint density at radius 2 is 1.52 bits per heavy atom. The van der Waals surface area contributed by atoms with Crippen molar-refractivity contribution in [3.63, 3.8) is 0 Å². The van der Waals surface area contributed by atoms with E-state index in [0.717, 1.165) is 11.1 Å². The lowest BCUT2D eigenvalue weighted by Crippen LogP contribution is -2.25. The lowest BCUT2D eigenvalue weighted by Gasteiger charge is -2.43. The van der Waals surface area contributed by atoms with Crippen molar-refractivity contribution in [3.05, 3.63) is 29.3 Å². The number of nitrogens with one attached hydrogen (secondary N) is 1. The summed E-state index contributed by atoms with van der Waals surface area (Å²) in [5.41, 5.74) is 9.03. The topological polar surface area (TPSA) is 59.1 Å². The van der Waals surface area contributed by atoms with Crippen LogP contribution in [0.25, 0.3) is 0 Å². The molecule has 25 heavy (non-hydrogen) atoms. The number of benzene rings is 1. The van der Waals surface area contributed by atoms with E-state index in [1.54, 1.807) is 6.92 Å². The van der Waals surface area contributed by atoms with Gasteiger partial charge in [0, 0.05) is 28.7 Å². The Kier molecular flexibility index (Phi) is 16.4. The molecule has 152 valence electrons. The van der Waals surface area contributed by atoms with Crippen LogP contribution in [0.4, 0.5) is 5.69 Å². The average Bonchev–Trinajstić information content (AvgIpc) is 2.58. The second-order valence-corrected chi connectivity index (χ2v) is 10.0. The van der Waals surface area contributed by atoms with Crippen LogP contribution in [0.5, 0.6) is 0 Å². The smallest absolute Gasteiger partial charge is 0.0863 e. The Bertz CT molecular complexity index is 483. The zero-order valence-electron chi connectivity index (χ0n) is 18.8. The maximum Gasteiger partial charge on any atom is 0.0863 e. The molecular formula is C21H46N2OS. The molecule has 0 aromatic heterocycles. The molecule has 1 rings (SSSR count). The normalized spacial score (nSPS) is 10.9. The molecule has 0 aliphatic carbocycles. The third-order valence-electron chi connectivity index (χ3n) is 3.58. The summed E-state index contributed by atoms with van der Waals surface area (Å²) in [5.74, 6) is 0. The van der Waals surface area contributed by atoms with E-state index in [1.165, 1.54) is 0 Å². The lowest BCUT2D eigenvalue weighted by atomic mass is 10.0. The van der Waals surface area contributed by atoms with Crippen molar-refractivity contribution in [2.45, 2.75) is 80.6 Å². The molecule has 0 amide bonds. The zero-order chi connectivity index (χ0) is 20.8. The van der Waals surface area contributed by atoms with Crippen molar-refractivity contribution in [1.82, 2.24) is 0 Å². The van der Waals surface area contributed by atoms with Gasteiger partial charge in [0.2, 0.25) is 0 Å². The minimum atomic E-state index is -1.16. The SMILES string of the molecule is CC.CC.CC.CC(=N)c1cccc(COS(C)(C)C(C)(C)C)c1N.[HH]. The van der Waals surface area contributed by atoms with Gasteiger partial charge in [-0.25, -0.2) is 0 Å². The highest BCUT2D eigenvalue weighted by atomic mass is 32.3. The summed E-state index contributed by atoms with van der Waals surface area (Å²) in [6.45, 7) is 20.9. The molecule has 1 aromatic rings. The molecule has 3 N–H and O–H groups in total. The minimum absolute atomic E-state index is 0. The van der Waals surface area contributed by atoms with Crippen LogP contribution in [0.2, 0.25) is 0 Å². The molecule has 0 aliphatic rings. The van der Waals surface area contributed by atoms with Crippen LogP contribution in [0.1, 0.15) is 81.8 Å². The largest absolute Gasteiger partial charge is 0.398 e. The highest BCUT2D eigenvalue weighted by Gasteiger charge is 2.28. The Balaban J connectivity index is -0.000000312. The molecule has 4 heteroatoms. The molecule has 0 unspecified atom stereocenters. The first-order chi connectivity index (χ1) is 11.6. The van der Waals surface area contributed by atoms with E-state index < -0.39 is 10.3 Å². The fourth-order valence-corrected chi connectivity index (χ4v) is 2.23. The number of nitrogen functional groups attached to an aromatic ring is 1. The first kappa shape index (κ1) is 28.8. The van der Waals surface area contributed by atoms with Gasteiger partial charge < -0.3 is 15.3 Å². The van der Waals surface area contributed by atoms with Crippen LogP contribution in [-0.2, 0) is 10.8 Å². The zero-order valence-corrected chi connectivity index (χ0v) is 19.6. The second-order valence-electron chi connectivity index (χ2n) is 6.11. The lowest BCUT2D eigenvalue weighted by molar-refractivity contribution is 0.340. The Morgan fingerprint density at radius 3 is 1.88 bits per heavy atom. The number of rotatable bonds is 4. The predicted molar refractivity (Wildman–Crippen MR) is 123 cm³/mol. The minimum Gasteiger partial charge on any atom is -0.398 e.